The number of hydrogen-bond donors (Lipinski definition) is 1. The van der Waals surface area contributed by atoms with Gasteiger partial charge in [0.2, 0.25) is 0 Å². The maximum Gasteiger partial charge on any atom is 0.269 e. The van der Waals surface area contributed by atoms with Crippen molar-refractivity contribution in [1.29, 1.82) is 0 Å². The fraction of sp³-hybridized carbons (Fsp3) is 0.500. The Bertz CT molecular complexity index is 335. The van der Waals surface area contributed by atoms with E-state index in [0.717, 1.165) is 24.8 Å². The summed E-state index contributed by atoms with van der Waals surface area (Å²) in [6, 6.07) is 7.24. The Labute approximate surface area is 95.8 Å². The van der Waals surface area contributed by atoms with Crippen molar-refractivity contribution in [3.8, 4) is 0 Å². The SMILES string of the molecule is CCCC(Cc1ccc([N+](=O)[O-])cc1)NC. The minimum absolute atomic E-state index is 0.153. The summed E-state index contributed by atoms with van der Waals surface area (Å²) in [7, 11) is 1.95. The Morgan fingerprint density at radius 2 is 2.00 bits per heavy atom. The first-order valence-electron chi connectivity index (χ1n) is 5.58. The third-order valence-corrected chi connectivity index (χ3v) is 2.67. The van der Waals surface area contributed by atoms with Gasteiger partial charge in [-0.3, -0.25) is 10.1 Å². The van der Waals surface area contributed by atoms with Gasteiger partial charge < -0.3 is 5.32 Å². The summed E-state index contributed by atoms with van der Waals surface area (Å²) in [5.41, 5.74) is 1.29. The number of benzene rings is 1. The average Bonchev–Trinajstić information content (AvgIpc) is 2.29. The Hall–Kier alpha value is -1.42. The topological polar surface area (TPSA) is 55.2 Å². The molecule has 0 aliphatic heterocycles. The van der Waals surface area contributed by atoms with Gasteiger partial charge in [0.15, 0.2) is 0 Å². The molecule has 0 spiro atoms. The van der Waals surface area contributed by atoms with Crippen molar-refractivity contribution in [2.45, 2.75) is 32.2 Å². The van der Waals surface area contributed by atoms with Crippen molar-refractivity contribution in [1.82, 2.24) is 5.32 Å². The molecule has 0 fully saturated rings. The molecule has 4 heteroatoms. The van der Waals surface area contributed by atoms with Crippen LogP contribution >= 0.6 is 0 Å². The quantitative estimate of drug-likeness (QED) is 0.594. The number of likely N-dealkylation sites (N-methyl/N-ethyl adjacent to an activating group) is 1. The van der Waals surface area contributed by atoms with Gasteiger partial charge in [0.05, 0.1) is 4.92 Å². The number of nitrogens with zero attached hydrogens (tertiary/aromatic N) is 1. The lowest BCUT2D eigenvalue weighted by atomic mass is 10.0. The molecule has 4 nitrogen and oxygen atoms in total. The number of hydrogen-bond acceptors (Lipinski definition) is 3. The van der Waals surface area contributed by atoms with Crippen molar-refractivity contribution in [2.24, 2.45) is 0 Å². The molecule has 88 valence electrons. The van der Waals surface area contributed by atoms with Crippen LogP contribution in [0.5, 0.6) is 0 Å². The minimum atomic E-state index is -0.370. The van der Waals surface area contributed by atoms with E-state index in [2.05, 4.69) is 12.2 Å². The fourth-order valence-corrected chi connectivity index (χ4v) is 1.74. The van der Waals surface area contributed by atoms with Crippen molar-refractivity contribution in [3.63, 3.8) is 0 Å². The molecule has 1 aromatic rings. The molecular weight excluding hydrogens is 204 g/mol. The molecule has 16 heavy (non-hydrogen) atoms. The predicted molar refractivity (Wildman–Crippen MR) is 64.6 cm³/mol. The highest BCUT2D eigenvalue weighted by Crippen LogP contribution is 2.14. The molecule has 0 aromatic heterocycles. The van der Waals surface area contributed by atoms with Crippen LogP contribution in [-0.2, 0) is 6.42 Å². The molecule has 0 heterocycles. The lowest BCUT2D eigenvalue weighted by Crippen LogP contribution is -2.27. The standard InChI is InChI=1S/C12H18N2O2/c1-3-4-11(13-2)9-10-5-7-12(8-6-10)14(15)16/h5-8,11,13H,3-4,9H2,1-2H3. The van der Waals surface area contributed by atoms with Gasteiger partial charge >= 0.3 is 0 Å². The third kappa shape index (κ3) is 3.62. The van der Waals surface area contributed by atoms with Crippen LogP contribution in [0, 0.1) is 10.1 Å². The molecule has 1 rings (SSSR count). The van der Waals surface area contributed by atoms with Crippen LogP contribution < -0.4 is 5.32 Å². The fourth-order valence-electron chi connectivity index (χ4n) is 1.74. The second-order valence-corrected chi connectivity index (χ2v) is 3.90. The van der Waals surface area contributed by atoms with E-state index < -0.39 is 0 Å². The number of rotatable bonds is 6. The van der Waals surface area contributed by atoms with Crippen molar-refractivity contribution < 1.29 is 4.92 Å². The monoisotopic (exact) mass is 222 g/mol. The minimum Gasteiger partial charge on any atom is -0.317 e. The maximum atomic E-state index is 10.5. The van der Waals surface area contributed by atoms with E-state index in [1.807, 2.05) is 19.2 Å². The first kappa shape index (κ1) is 12.6. The number of nitro benzene ring substituents is 1. The average molecular weight is 222 g/mol. The number of nitrogens with one attached hydrogen (secondary N) is 1. The lowest BCUT2D eigenvalue weighted by Gasteiger charge is -2.14. The zero-order chi connectivity index (χ0) is 12.0. The molecule has 0 bridgehead atoms. The molecule has 1 unspecified atom stereocenters. The van der Waals surface area contributed by atoms with Crippen LogP contribution in [0.1, 0.15) is 25.3 Å². The number of non-ortho nitro benzene ring substituents is 1. The summed E-state index contributed by atoms with van der Waals surface area (Å²) in [5.74, 6) is 0. The Morgan fingerprint density at radius 1 is 1.38 bits per heavy atom. The molecule has 1 aromatic carbocycles. The highest BCUT2D eigenvalue weighted by Gasteiger charge is 2.08. The van der Waals surface area contributed by atoms with Gasteiger partial charge in [-0.2, -0.15) is 0 Å². The summed E-state index contributed by atoms with van der Waals surface area (Å²) >= 11 is 0. The maximum absolute atomic E-state index is 10.5. The van der Waals surface area contributed by atoms with Crippen LogP contribution in [0.4, 0.5) is 5.69 Å². The normalized spacial score (nSPS) is 12.4. The van der Waals surface area contributed by atoms with E-state index in [-0.39, 0.29) is 10.6 Å². The van der Waals surface area contributed by atoms with E-state index in [1.165, 1.54) is 0 Å². The van der Waals surface area contributed by atoms with E-state index in [0.29, 0.717) is 6.04 Å². The highest BCUT2D eigenvalue weighted by atomic mass is 16.6. The van der Waals surface area contributed by atoms with Gasteiger partial charge in [0.25, 0.3) is 5.69 Å². The molecule has 0 saturated heterocycles. The molecule has 0 amide bonds. The predicted octanol–water partition coefficient (Wildman–Crippen LogP) is 2.53. The van der Waals surface area contributed by atoms with Crippen molar-refractivity contribution >= 4 is 5.69 Å². The van der Waals surface area contributed by atoms with Gasteiger partial charge in [-0.05, 0) is 25.5 Å². The molecule has 0 aliphatic carbocycles. The Kier molecular flexibility index (Phi) is 4.92. The summed E-state index contributed by atoms with van der Waals surface area (Å²) in [6.07, 6.45) is 3.17. The van der Waals surface area contributed by atoms with Gasteiger partial charge in [0.1, 0.15) is 0 Å². The summed E-state index contributed by atoms with van der Waals surface area (Å²) < 4.78 is 0. The van der Waals surface area contributed by atoms with Crippen molar-refractivity contribution in [3.05, 3.63) is 39.9 Å². The van der Waals surface area contributed by atoms with Gasteiger partial charge in [0, 0.05) is 18.2 Å². The molecule has 0 radical (unpaired) electrons. The van der Waals surface area contributed by atoms with Gasteiger partial charge in [-0.25, -0.2) is 0 Å². The number of nitro groups is 1. The summed E-state index contributed by atoms with van der Waals surface area (Å²) in [4.78, 5) is 10.1. The smallest absolute Gasteiger partial charge is 0.269 e. The Morgan fingerprint density at radius 3 is 2.44 bits per heavy atom. The molecular formula is C12H18N2O2. The van der Waals surface area contributed by atoms with Crippen LogP contribution in [0.3, 0.4) is 0 Å². The first-order chi connectivity index (χ1) is 7.67. The van der Waals surface area contributed by atoms with E-state index in [4.69, 9.17) is 0 Å². The molecule has 1 N–H and O–H groups in total. The van der Waals surface area contributed by atoms with Gasteiger partial charge in [-0.15, -0.1) is 0 Å². The molecule has 0 aliphatic rings. The lowest BCUT2D eigenvalue weighted by molar-refractivity contribution is -0.384. The van der Waals surface area contributed by atoms with E-state index >= 15 is 0 Å². The zero-order valence-corrected chi connectivity index (χ0v) is 9.77. The Balaban J connectivity index is 2.63. The van der Waals surface area contributed by atoms with Crippen LogP contribution in [0.15, 0.2) is 24.3 Å². The molecule has 0 saturated carbocycles. The molecule has 1 atom stereocenters. The van der Waals surface area contributed by atoms with Crippen LogP contribution in [0.25, 0.3) is 0 Å². The second kappa shape index (κ2) is 6.23. The van der Waals surface area contributed by atoms with Crippen molar-refractivity contribution in [2.75, 3.05) is 7.05 Å². The van der Waals surface area contributed by atoms with E-state index in [9.17, 15) is 10.1 Å². The highest BCUT2D eigenvalue weighted by molar-refractivity contribution is 5.33. The van der Waals surface area contributed by atoms with E-state index in [1.54, 1.807) is 12.1 Å². The summed E-state index contributed by atoms with van der Waals surface area (Å²) in [6.45, 7) is 2.15. The first-order valence-corrected chi connectivity index (χ1v) is 5.58. The van der Waals surface area contributed by atoms with Crippen LogP contribution in [-0.4, -0.2) is 18.0 Å². The third-order valence-electron chi connectivity index (χ3n) is 2.67. The van der Waals surface area contributed by atoms with Gasteiger partial charge in [-0.1, -0.05) is 25.5 Å². The van der Waals surface area contributed by atoms with Crippen LogP contribution in [0.2, 0.25) is 0 Å². The largest absolute Gasteiger partial charge is 0.317 e. The summed E-state index contributed by atoms with van der Waals surface area (Å²) in [5, 5.41) is 13.7. The zero-order valence-electron chi connectivity index (χ0n) is 9.77. The second-order valence-electron chi connectivity index (χ2n) is 3.90.